The molecule has 0 saturated carbocycles. The zero-order valence-electron chi connectivity index (χ0n) is 9.37. The fourth-order valence-electron chi connectivity index (χ4n) is 1.00. The molecule has 0 heterocycles. The summed E-state index contributed by atoms with van der Waals surface area (Å²) in [6.07, 6.45) is 0.0557. The third kappa shape index (κ3) is 7.60. The molecule has 0 aromatic carbocycles. The van der Waals surface area contributed by atoms with E-state index in [9.17, 15) is 14.4 Å². The molecule has 3 amide bonds. The van der Waals surface area contributed by atoms with Gasteiger partial charge in [-0.15, -0.1) is 0 Å². The lowest BCUT2D eigenvalue weighted by Gasteiger charge is -2.12. The number of hydrogen-bond donors (Lipinski definition) is 4. The van der Waals surface area contributed by atoms with E-state index in [-0.39, 0.29) is 25.3 Å². The maximum absolute atomic E-state index is 11.2. The highest BCUT2D eigenvalue weighted by Crippen LogP contribution is 1.89. The smallest absolute Gasteiger partial charge is 0.315 e. The number of rotatable bonds is 6. The lowest BCUT2D eigenvalue weighted by molar-refractivity contribution is -0.137. The van der Waals surface area contributed by atoms with Gasteiger partial charge in [0, 0.05) is 26.1 Å². The molecule has 0 saturated heterocycles. The van der Waals surface area contributed by atoms with Crippen molar-refractivity contribution in [1.82, 2.24) is 16.0 Å². The number of aliphatic carboxylic acids is 1. The van der Waals surface area contributed by atoms with Gasteiger partial charge in [-0.3, -0.25) is 9.59 Å². The molecule has 1 unspecified atom stereocenters. The van der Waals surface area contributed by atoms with Gasteiger partial charge in [-0.05, 0) is 6.92 Å². The molecule has 0 spiro atoms. The number of carbonyl (C=O) groups is 3. The van der Waals surface area contributed by atoms with Crippen LogP contribution in [0.4, 0.5) is 4.79 Å². The number of hydrogen-bond acceptors (Lipinski definition) is 3. The Balaban J connectivity index is 3.66. The van der Waals surface area contributed by atoms with Crippen LogP contribution in [0, 0.1) is 0 Å². The molecular weight excluding hydrogens is 214 g/mol. The van der Waals surface area contributed by atoms with E-state index in [1.165, 1.54) is 7.05 Å². The van der Waals surface area contributed by atoms with Gasteiger partial charge in [-0.25, -0.2) is 4.79 Å². The fraction of sp³-hybridized carbons (Fsp3) is 0.667. The van der Waals surface area contributed by atoms with Crippen molar-refractivity contribution >= 4 is 17.9 Å². The monoisotopic (exact) mass is 231 g/mol. The predicted octanol–water partition coefficient (Wildman–Crippen LogP) is -0.715. The summed E-state index contributed by atoms with van der Waals surface area (Å²) in [4.78, 5) is 32.3. The van der Waals surface area contributed by atoms with E-state index >= 15 is 0 Å². The maximum Gasteiger partial charge on any atom is 0.315 e. The Labute approximate surface area is 93.6 Å². The topological polar surface area (TPSA) is 108 Å². The van der Waals surface area contributed by atoms with Crippen LogP contribution >= 0.6 is 0 Å². The molecule has 0 aliphatic rings. The second kappa shape index (κ2) is 7.49. The fourth-order valence-corrected chi connectivity index (χ4v) is 1.00. The van der Waals surface area contributed by atoms with Crippen LogP contribution in [0.15, 0.2) is 0 Å². The minimum Gasteiger partial charge on any atom is -0.481 e. The van der Waals surface area contributed by atoms with Crippen molar-refractivity contribution < 1.29 is 19.5 Å². The van der Waals surface area contributed by atoms with Gasteiger partial charge in [0.1, 0.15) is 0 Å². The Bertz CT molecular complexity index is 267. The first-order valence-electron chi connectivity index (χ1n) is 4.92. The van der Waals surface area contributed by atoms with E-state index in [0.717, 1.165) is 0 Å². The Kier molecular flexibility index (Phi) is 6.66. The molecular formula is C9H17N3O4. The molecule has 0 radical (unpaired) electrons. The van der Waals surface area contributed by atoms with Crippen molar-refractivity contribution in [2.75, 3.05) is 13.6 Å². The highest BCUT2D eigenvalue weighted by atomic mass is 16.4. The van der Waals surface area contributed by atoms with E-state index in [1.54, 1.807) is 6.92 Å². The summed E-state index contributed by atoms with van der Waals surface area (Å²) in [6.45, 7) is 1.80. The average molecular weight is 231 g/mol. The summed E-state index contributed by atoms with van der Waals surface area (Å²) >= 11 is 0. The van der Waals surface area contributed by atoms with Crippen molar-refractivity contribution in [1.29, 1.82) is 0 Å². The number of nitrogens with one attached hydrogen (secondary N) is 3. The summed E-state index contributed by atoms with van der Waals surface area (Å²) in [5, 5.41) is 15.8. The largest absolute Gasteiger partial charge is 0.481 e. The van der Waals surface area contributed by atoms with E-state index in [4.69, 9.17) is 5.11 Å². The van der Waals surface area contributed by atoms with Gasteiger partial charge in [0.25, 0.3) is 0 Å². The van der Waals surface area contributed by atoms with Crippen LogP contribution < -0.4 is 16.0 Å². The van der Waals surface area contributed by atoms with Crippen LogP contribution in [0.1, 0.15) is 19.8 Å². The van der Waals surface area contributed by atoms with Crippen LogP contribution in [-0.2, 0) is 9.59 Å². The number of carboxylic acid groups (broad SMARTS) is 1. The second-order valence-electron chi connectivity index (χ2n) is 3.32. The summed E-state index contributed by atoms with van der Waals surface area (Å²) in [6, 6.07) is -0.921. The third-order valence-corrected chi connectivity index (χ3v) is 1.77. The summed E-state index contributed by atoms with van der Waals surface area (Å²) in [7, 11) is 1.51. The van der Waals surface area contributed by atoms with E-state index in [0.29, 0.717) is 0 Å². The average Bonchev–Trinajstić information content (AvgIpc) is 2.15. The van der Waals surface area contributed by atoms with E-state index in [2.05, 4.69) is 16.0 Å². The zero-order chi connectivity index (χ0) is 12.6. The third-order valence-electron chi connectivity index (χ3n) is 1.77. The van der Waals surface area contributed by atoms with Crippen molar-refractivity contribution in [3.05, 3.63) is 0 Å². The highest BCUT2D eigenvalue weighted by molar-refractivity contribution is 5.78. The zero-order valence-corrected chi connectivity index (χ0v) is 9.37. The van der Waals surface area contributed by atoms with Crippen molar-refractivity contribution in [3.8, 4) is 0 Å². The van der Waals surface area contributed by atoms with Crippen LogP contribution in [0.5, 0.6) is 0 Å². The van der Waals surface area contributed by atoms with Crippen molar-refractivity contribution in [2.24, 2.45) is 0 Å². The first kappa shape index (κ1) is 14.2. The summed E-state index contributed by atoms with van der Waals surface area (Å²) in [5.74, 6) is -1.14. The van der Waals surface area contributed by atoms with E-state index in [1.807, 2.05) is 0 Å². The molecule has 0 aliphatic heterocycles. The molecule has 0 fully saturated rings. The van der Waals surface area contributed by atoms with Gasteiger partial charge >= 0.3 is 12.0 Å². The molecule has 0 aromatic rings. The number of amides is 3. The van der Waals surface area contributed by atoms with Crippen LogP contribution in [0.2, 0.25) is 0 Å². The molecule has 0 aromatic heterocycles. The normalized spacial score (nSPS) is 11.4. The first-order chi connectivity index (χ1) is 7.45. The minimum absolute atomic E-state index is 0.136. The maximum atomic E-state index is 11.2. The van der Waals surface area contributed by atoms with Crippen LogP contribution in [0.3, 0.4) is 0 Å². The van der Waals surface area contributed by atoms with Gasteiger partial charge in [-0.1, -0.05) is 0 Å². The molecule has 0 aliphatic carbocycles. The van der Waals surface area contributed by atoms with Crippen molar-refractivity contribution in [3.63, 3.8) is 0 Å². The van der Waals surface area contributed by atoms with Crippen LogP contribution in [-0.4, -0.2) is 42.6 Å². The second-order valence-corrected chi connectivity index (χ2v) is 3.32. The molecule has 0 rings (SSSR count). The van der Waals surface area contributed by atoms with Crippen molar-refractivity contribution in [2.45, 2.75) is 25.8 Å². The Hall–Kier alpha value is -1.79. The van der Waals surface area contributed by atoms with E-state index < -0.39 is 18.0 Å². The predicted molar refractivity (Wildman–Crippen MR) is 56.9 cm³/mol. The lowest BCUT2D eigenvalue weighted by Crippen LogP contribution is -2.42. The molecule has 1 atom stereocenters. The Morgan fingerprint density at radius 2 is 1.94 bits per heavy atom. The standard InChI is InChI=1S/C9H17N3O4/c1-6(5-8(14)15)12-9(16)11-4-3-7(13)10-2/h6H,3-5H2,1-2H3,(H,10,13)(H,14,15)(H2,11,12,16). The highest BCUT2D eigenvalue weighted by Gasteiger charge is 2.10. The van der Waals surface area contributed by atoms with Gasteiger partial charge < -0.3 is 21.1 Å². The molecule has 0 bridgehead atoms. The van der Waals surface area contributed by atoms with Gasteiger partial charge in [0.15, 0.2) is 0 Å². The molecule has 7 heteroatoms. The van der Waals surface area contributed by atoms with Gasteiger partial charge in [0.05, 0.1) is 6.42 Å². The minimum atomic E-state index is -0.974. The van der Waals surface area contributed by atoms with Gasteiger partial charge in [-0.2, -0.15) is 0 Å². The SMILES string of the molecule is CNC(=O)CCNC(=O)NC(C)CC(=O)O. The van der Waals surface area contributed by atoms with Crippen LogP contribution in [0.25, 0.3) is 0 Å². The molecule has 7 nitrogen and oxygen atoms in total. The first-order valence-corrected chi connectivity index (χ1v) is 4.92. The quantitative estimate of drug-likeness (QED) is 0.484. The van der Waals surface area contributed by atoms with Gasteiger partial charge in [0.2, 0.25) is 5.91 Å². The number of urea groups is 1. The Morgan fingerprint density at radius 1 is 1.31 bits per heavy atom. The Morgan fingerprint density at radius 3 is 2.44 bits per heavy atom. The molecule has 4 N–H and O–H groups in total. The number of carboxylic acids is 1. The number of carbonyl (C=O) groups excluding carboxylic acids is 2. The molecule has 92 valence electrons. The lowest BCUT2D eigenvalue weighted by atomic mass is 10.2. The summed E-state index contributed by atoms with van der Waals surface area (Å²) in [5.41, 5.74) is 0. The molecule has 16 heavy (non-hydrogen) atoms. The summed E-state index contributed by atoms with van der Waals surface area (Å²) < 4.78 is 0.